The van der Waals surface area contributed by atoms with E-state index < -0.39 is 0 Å². The summed E-state index contributed by atoms with van der Waals surface area (Å²) in [6.07, 6.45) is 6.14. The van der Waals surface area contributed by atoms with Crippen LogP contribution in [0.15, 0.2) is 6.20 Å². The third kappa shape index (κ3) is 1.47. The van der Waals surface area contributed by atoms with Gasteiger partial charge in [0.2, 0.25) is 0 Å². The highest BCUT2D eigenvalue weighted by Gasteiger charge is 2.25. The molecule has 2 nitrogen and oxygen atoms in total. The Hall–Kier alpha value is -0.790. The molecule has 0 spiro atoms. The minimum absolute atomic E-state index is 0.594. The predicted molar refractivity (Wildman–Crippen MR) is 58.6 cm³/mol. The fourth-order valence-corrected chi connectivity index (χ4v) is 2.20. The maximum absolute atomic E-state index is 4.59. The topological polar surface area (TPSA) is 17.8 Å². The van der Waals surface area contributed by atoms with Crippen LogP contribution in [0.3, 0.4) is 0 Å². The van der Waals surface area contributed by atoms with Crippen LogP contribution in [0, 0.1) is 0 Å². The number of nitrogens with zero attached hydrogens (tertiary/aromatic N) is 2. The summed E-state index contributed by atoms with van der Waals surface area (Å²) in [6, 6.07) is 0. The first-order valence-electron chi connectivity index (χ1n) is 5.79. The Kier molecular flexibility index (Phi) is 2.62. The molecule has 0 unspecified atom stereocenters. The Morgan fingerprint density at radius 3 is 2.64 bits per heavy atom. The molecule has 1 saturated carbocycles. The lowest BCUT2D eigenvalue weighted by atomic mass is 9.85. The molecule has 0 radical (unpaired) electrons. The largest absolute Gasteiger partial charge is 0.332 e. The van der Waals surface area contributed by atoms with Crippen molar-refractivity contribution in [3.8, 4) is 0 Å². The molecule has 0 atom stereocenters. The molecule has 2 rings (SSSR count). The van der Waals surface area contributed by atoms with E-state index in [1.54, 1.807) is 0 Å². The van der Waals surface area contributed by atoms with Gasteiger partial charge < -0.3 is 4.57 Å². The highest BCUT2D eigenvalue weighted by molar-refractivity contribution is 5.14. The van der Waals surface area contributed by atoms with Crippen molar-refractivity contribution in [1.82, 2.24) is 9.55 Å². The smallest absolute Gasteiger partial charge is 0.111 e. The average molecular weight is 192 g/mol. The fraction of sp³-hybridized carbons (Fsp3) is 0.750. The lowest BCUT2D eigenvalue weighted by molar-refractivity contribution is 0.386. The molecule has 1 aliphatic carbocycles. The molecular formula is C12H20N2. The van der Waals surface area contributed by atoms with Crippen LogP contribution < -0.4 is 0 Å². The van der Waals surface area contributed by atoms with E-state index in [1.807, 2.05) is 0 Å². The molecule has 1 fully saturated rings. The second kappa shape index (κ2) is 3.76. The minimum atomic E-state index is 0.594. The van der Waals surface area contributed by atoms with Gasteiger partial charge in [-0.05, 0) is 25.7 Å². The summed E-state index contributed by atoms with van der Waals surface area (Å²) in [4.78, 5) is 4.59. The fourth-order valence-electron chi connectivity index (χ4n) is 2.20. The Morgan fingerprint density at radius 2 is 2.21 bits per heavy atom. The molecule has 0 amide bonds. The van der Waals surface area contributed by atoms with Crippen LogP contribution in [0.2, 0.25) is 0 Å². The second-order valence-electron chi connectivity index (χ2n) is 4.57. The maximum atomic E-state index is 4.59. The van der Waals surface area contributed by atoms with Crippen LogP contribution in [-0.2, 0) is 6.54 Å². The van der Waals surface area contributed by atoms with E-state index in [-0.39, 0.29) is 0 Å². The van der Waals surface area contributed by atoms with E-state index >= 15 is 0 Å². The lowest BCUT2D eigenvalue weighted by Gasteiger charge is -2.26. The molecule has 2 heteroatoms. The van der Waals surface area contributed by atoms with Crippen molar-refractivity contribution in [2.75, 3.05) is 0 Å². The van der Waals surface area contributed by atoms with Crippen molar-refractivity contribution in [3.63, 3.8) is 0 Å². The monoisotopic (exact) mass is 192 g/mol. The highest BCUT2D eigenvalue weighted by Crippen LogP contribution is 2.36. The molecule has 78 valence electrons. The highest BCUT2D eigenvalue weighted by atomic mass is 15.1. The van der Waals surface area contributed by atoms with Crippen molar-refractivity contribution >= 4 is 0 Å². The standard InChI is InChI=1S/C12H20N2/c1-4-14-11(9(2)3)8-13-12(14)10-6-5-7-10/h8-10H,4-7H2,1-3H3. The van der Waals surface area contributed by atoms with Gasteiger partial charge in [-0.25, -0.2) is 4.98 Å². The Balaban J connectivity index is 2.30. The van der Waals surface area contributed by atoms with Gasteiger partial charge in [-0.15, -0.1) is 0 Å². The van der Waals surface area contributed by atoms with Crippen LogP contribution in [0.4, 0.5) is 0 Å². The zero-order valence-corrected chi connectivity index (χ0v) is 9.45. The van der Waals surface area contributed by atoms with Crippen LogP contribution in [0.5, 0.6) is 0 Å². The summed E-state index contributed by atoms with van der Waals surface area (Å²) in [5.74, 6) is 2.68. The van der Waals surface area contributed by atoms with E-state index in [9.17, 15) is 0 Å². The summed E-state index contributed by atoms with van der Waals surface area (Å²) >= 11 is 0. The third-order valence-electron chi connectivity index (χ3n) is 3.30. The van der Waals surface area contributed by atoms with Gasteiger partial charge in [-0.3, -0.25) is 0 Å². The molecule has 1 heterocycles. The predicted octanol–water partition coefficient (Wildman–Crippen LogP) is 3.29. The van der Waals surface area contributed by atoms with Crippen molar-refractivity contribution in [2.24, 2.45) is 0 Å². The number of aromatic nitrogens is 2. The van der Waals surface area contributed by atoms with E-state index in [0.717, 1.165) is 12.5 Å². The Bertz CT molecular complexity index is 308. The summed E-state index contributed by atoms with van der Waals surface area (Å²) in [5, 5.41) is 0. The van der Waals surface area contributed by atoms with E-state index in [1.165, 1.54) is 30.8 Å². The molecule has 0 saturated heterocycles. The summed E-state index contributed by atoms with van der Waals surface area (Å²) < 4.78 is 2.41. The molecule has 1 aromatic rings. The maximum Gasteiger partial charge on any atom is 0.111 e. The second-order valence-corrected chi connectivity index (χ2v) is 4.57. The zero-order chi connectivity index (χ0) is 10.1. The van der Waals surface area contributed by atoms with Crippen LogP contribution in [-0.4, -0.2) is 9.55 Å². The number of hydrogen-bond donors (Lipinski definition) is 0. The van der Waals surface area contributed by atoms with Crippen LogP contribution in [0.1, 0.15) is 63.4 Å². The van der Waals surface area contributed by atoms with Crippen molar-refractivity contribution < 1.29 is 0 Å². The lowest BCUT2D eigenvalue weighted by Crippen LogP contribution is -2.16. The first-order chi connectivity index (χ1) is 6.74. The molecule has 0 bridgehead atoms. The van der Waals surface area contributed by atoms with Gasteiger partial charge in [0.25, 0.3) is 0 Å². The van der Waals surface area contributed by atoms with Gasteiger partial charge >= 0.3 is 0 Å². The quantitative estimate of drug-likeness (QED) is 0.718. The van der Waals surface area contributed by atoms with Gasteiger partial charge in [0.05, 0.1) is 0 Å². The molecule has 1 aliphatic rings. The molecule has 14 heavy (non-hydrogen) atoms. The Labute approximate surface area is 86.3 Å². The number of hydrogen-bond acceptors (Lipinski definition) is 1. The summed E-state index contributed by atoms with van der Waals surface area (Å²) in [6.45, 7) is 7.77. The molecule has 0 aromatic carbocycles. The summed E-state index contributed by atoms with van der Waals surface area (Å²) in [7, 11) is 0. The van der Waals surface area contributed by atoms with Crippen molar-refractivity contribution in [3.05, 3.63) is 17.7 Å². The number of rotatable bonds is 3. The van der Waals surface area contributed by atoms with Crippen LogP contribution >= 0.6 is 0 Å². The van der Waals surface area contributed by atoms with E-state index in [4.69, 9.17) is 0 Å². The van der Waals surface area contributed by atoms with Gasteiger partial charge in [-0.2, -0.15) is 0 Å². The first-order valence-corrected chi connectivity index (χ1v) is 5.79. The third-order valence-corrected chi connectivity index (χ3v) is 3.30. The van der Waals surface area contributed by atoms with E-state index in [2.05, 4.69) is 36.5 Å². The van der Waals surface area contributed by atoms with Crippen LogP contribution in [0.25, 0.3) is 0 Å². The molecule has 0 aliphatic heterocycles. The van der Waals surface area contributed by atoms with Gasteiger partial charge in [0.15, 0.2) is 0 Å². The minimum Gasteiger partial charge on any atom is -0.332 e. The average Bonchev–Trinajstić information content (AvgIpc) is 2.44. The van der Waals surface area contributed by atoms with Crippen molar-refractivity contribution in [2.45, 2.75) is 58.4 Å². The number of imidazole rings is 1. The normalized spacial score (nSPS) is 17.4. The van der Waals surface area contributed by atoms with E-state index in [0.29, 0.717) is 5.92 Å². The molecular weight excluding hydrogens is 172 g/mol. The van der Waals surface area contributed by atoms with Gasteiger partial charge in [0.1, 0.15) is 5.82 Å². The molecule has 1 aromatic heterocycles. The van der Waals surface area contributed by atoms with Gasteiger partial charge in [-0.1, -0.05) is 20.3 Å². The zero-order valence-electron chi connectivity index (χ0n) is 9.45. The summed E-state index contributed by atoms with van der Waals surface area (Å²) in [5.41, 5.74) is 1.40. The first kappa shape index (κ1) is 9.75. The Morgan fingerprint density at radius 1 is 1.50 bits per heavy atom. The van der Waals surface area contributed by atoms with Gasteiger partial charge in [0, 0.05) is 24.4 Å². The SMILES string of the molecule is CCn1c(C(C)C)cnc1C1CCC1. The molecule has 0 N–H and O–H groups in total. The van der Waals surface area contributed by atoms with Crippen molar-refractivity contribution in [1.29, 1.82) is 0 Å².